The van der Waals surface area contributed by atoms with Crippen molar-refractivity contribution in [2.45, 2.75) is 39.0 Å². The fourth-order valence-electron chi connectivity index (χ4n) is 1.94. The minimum absolute atomic E-state index is 0.413. The Hall–Kier alpha value is -0.910. The average molecular weight is 298 g/mol. The predicted molar refractivity (Wildman–Crippen MR) is 84.2 cm³/mol. The molecule has 4 nitrogen and oxygen atoms in total. The molecule has 0 amide bonds. The van der Waals surface area contributed by atoms with E-state index in [2.05, 4.69) is 12.2 Å². The van der Waals surface area contributed by atoms with Crippen LogP contribution in [-0.4, -0.2) is 38.1 Å². The van der Waals surface area contributed by atoms with Crippen LogP contribution in [0.1, 0.15) is 31.4 Å². The molecule has 1 aromatic carbocycles. The van der Waals surface area contributed by atoms with Crippen molar-refractivity contribution >= 4 is 10.0 Å². The highest BCUT2D eigenvalue weighted by Gasteiger charge is 2.25. The molecular weight excluding hydrogens is 272 g/mol. The Labute approximate surface area is 123 Å². The minimum Gasteiger partial charge on any atom is -0.315 e. The predicted octanol–water partition coefficient (Wildman–Crippen LogP) is 2.14. The van der Waals surface area contributed by atoms with Crippen LogP contribution in [-0.2, 0) is 16.6 Å². The van der Waals surface area contributed by atoms with Crippen LogP contribution in [0.5, 0.6) is 0 Å². The van der Waals surface area contributed by atoms with Gasteiger partial charge in [-0.15, -0.1) is 0 Å². The van der Waals surface area contributed by atoms with E-state index in [1.807, 2.05) is 31.2 Å². The van der Waals surface area contributed by atoms with Crippen LogP contribution < -0.4 is 5.32 Å². The summed E-state index contributed by atoms with van der Waals surface area (Å²) in [5.41, 5.74) is 2.19. The lowest BCUT2D eigenvalue weighted by atomic mass is 10.1. The molecule has 0 aliphatic heterocycles. The normalized spacial score (nSPS) is 13.7. The third kappa shape index (κ3) is 4.89. The molecule has 20 heavy (non-hydrogen) atoms. The van der Waals surface area contributed by atoms with Crippen molar-refractivity contribution in [3.8, 4) is 0 Å². The number of hydrogen-bond acceptors (Lipinski definition) is 3. The van der Waals surface area contributed by atoms with Crippen LogP contribution in [0.4, 0.5) is 0 Å². The highest BCUT2D eigenvalue weighted by molar-refractivity contribution is 7.89. The van der Waals surface area contributed by atoms with E-state index >= 15 is 0 Å². The average Bonchev–Trinajstić information content (AvgIpc) is 2.41. The monoisotopic (exact) mass is 298 g/mol. The van der Waals surface area contributed by atoms with E-state index in [9.17, 15) is 8.42 Å². The first-order chi connectivity index (χ1) is 9.37. The smallest absolute Gasteiger partial charge is 0.218 e. The Morgan fingerprint density at radius 3 is 2.40 bits per heavy atom. The van der Waals surface area contributed by atoms with E-state index in [4.69, 9.17) is 0 Å². The van der Waals surface area contributed by atoms with Gasteiger partial charge >= 0.3 is 0 Å². The second-order valence-electron chi connectivity index (χ2n) is 5.30. The van der Waals surface area contributed by atoms with Gasteiger partial charge in [-0.3, -0.25) is 0 Å². The number of nitrogens with zero attached hydrogens (tertiary/aromatic N) is 1. The minimum atomic E-state index is -3.26. The van der Waals surface area contributed by atoms with E-state index in [0.29, 0.717) is 13.1 Å². The van der Waals surface area contributed by atoms with Gasteiger partial charge in [-0.1, -0.05) is 36.8 Å². The molecule has 1 unspecified atom stereocenters. The first-order valence-electron chi connectivity index (χ1n) is 7.09. The summed E-state index contributed by atoms with van der Waals surface area (Å²) < 4.78 is 26.2. The standard InChI is InChI=1S/C15H26N2O2S/c1-5-10-16-11-14(3)20(18,19)17(4)12-15-8-6-13(2)7-9-15/h6-9,14,16H,5,10-12H2,1-4H3. The van der Waals surface area contributed by atoms with Gasteiger partial charge in [0, 0.05) is 20.1 Å². The molecule has 0 aromatic heterocycles. The molecule has 5 heteroatoms. The van der Waals surface area contributed by atoms with Crippen molar-refractivity contribution in [1.29, 1.82) is 0 Å². The molecule has 1 N–H and O–H groups in total. The number of hydrogen-bond donors (Lipinski definition) is 1. The lowest BCUT2D eigenvalue weighted by Gasteiger charge is -2.22. The van der Waals surface area contributed by atoms with Crippen LogP contribution in [0, 0.1) is 6.92 Å². The van der Waals surface area contributed by atoms with Crippen LogP contribution >= 0.6 is 0 Å². The summed E-state index contributed by atoms with van der Waals surface area (Å²) in [6, 6.07) is 7.95. The maximum Gasteiger partial charge on any atom is 0.218 e. The summed E-state index contributed by atoms with van der Waals surface area (Å²) in [5, 5.41) is 2.75. The fourth-order valence-corrected chi connectivity index (χ4v) is 3.21. The second kappa shape index (κ2) is 7.76. The molecule has 0 radical (unpaired) electrons. The molecule has 1 atom stereocenters. The molecule has 0 heterocycles. The van der Waals surface area contributed by atoms with Gasteiger partial charge in [0.15, 0.2) is 0 Å². The highest BCUT2D eigenvalue weighted by Crippen LogP contribution is 2.12. The van der Waals surface area contributed by atoms with Gasteiger partial charge in [-0.2, -0.15) is 0 Å². The molecule has 0 spiro atoms. The largest absolute Gasteiger partial charge is 0.315 e. The lowest BCUT2D eigenvalue weighted by molar-refractivity contribution is 0.453. The third-order valence-corrected chi connectivity index (χ3v) is 5.51. The quantitative estimate of drug-likeness (QED) is 0.748. The third-order valence-electron chi connectivity index (χ3n) is 3.33. The van der Waals surface area contributed by atoms with Crippen molar-refractivity contribution in [3.63, 3.8) is 0 Å². The van der Waals surface area contributed by atoms with E-state index < -0.39 is 15.3 Å². The van der Waals surface area contributed by atoms with Crippen molar-refractivity contribution in [1.82, 2.24) is 9.62 Å². The molecule has 114 valence electrons. The first-order valence-corrected chi connectivity index (χ1v) is 8.59. The van der Waals surface area contributed by atoms with Crippen molar-refractivity contribution in [3.05, 3.63) is 35.4 Å². The summed E-state index contributed by atoms with van der Waals surface area (Å²) in [7, 11) is -1.61. The number of nitrogens with one attached hydrogen (secondary N) is 1. The number of aryl methyl sites for hydroxylation is 1. The van der Waals surface area contributed by atoms with E-state index in [1.165, 1.54) is 9.87 Å². The molecule has 1 rings (SSSR count). The maximum atomic E-state index is 12.4. The van der Waals surface area contributed by atoms with E-state index in [1.54, 1.807) is 14.0 Å². The zero-order valence-electron chi connectivity index (χ0n) is 12.9. The van der Waals surface area contributed by atoms with Crippen molar-refractivity contribution in [2.75, 3.05) is 20.1 Å². The van der Waals surface area contributed by atoms with E-state index in [0.717, 1.165) is 18.5 Å². The lowest BCUT2D eigenvalue weighted by Crippen LogP contribution is -2.40. The summed E-state index contributed by atoms with van der Waals surface area (Å²) >= 11 is 0. The summed E-state index contributed by atoms with van der Waals surface area (Å²) in [4.78, 5) is 0. The molecule has 0 saturated carbocycles. The van der Waals surface area contributed by atoms with Crippen LogP contribution in [0.15, 0.2) is 24.3 Å². The Morgan fingerprint density at radius 1 is 1.25 bits per heavy atom. The van der Waals surface area contributed by atoms with Crippen molar-refractivity contribution in [2.24, 2.45) is 0 Å². The van der Waals surface area contributed by atoms with Crippen molar-refractivity contribution < 1.29 is 8.42 Å². The Balaban J connectivity index is 2.64. The SMILES string of the molecule is CCCNCC(C)S(=O)(=O)N(C)Cc1ccc(C)cc1. The number of rotatable bonds is 8. The zero-order valence-corrected chi connectivity index (χ0v) is 13.7. The van der Waals surface area contributed by atoms with Gasteiger partial charge in [0.05, 0.1) is 5.25 Å². The summed E-state index contributed by atoms with van der Waals surface area (Å²) in [5.74, 6) is 0. The molecular formula is C15H26N2O2S. The van der Waals surface area contributed by atoms with Crippen LogP contribution in [0.3, 0.4) is 0 Å². The molecule has 1 aromatic rings. The van der Waals surface area contributed by atoms with Crippen LogP contribution in [0.25, 0.3) is 0 Å². The van der Waals surface area contributed by atoms with E-state index in [-0.39, 0.29) is 0 Å². The Morgan fingerprint density at radius 2 is 1.85 bits per heavy atom. The van der Waals surface area contributed by atoms with Gasteiger partial charge < -0.3 is 5.32 Å². The van der Waals surface area contributed by atoms with Gasteiger partial charge in [-0.05, 0) is 32.4 Å². The maximum absolute atomic E-state index is 12.4. The summed E-state index contributed by atoms with van der Waals surface area (Å²) in [6.45, 7) is 7.60. The fraction of sp³-hybridized carbons (Fsp3) is 0.600. The Kier molecular flexibility index (Phi) is 6.65. The number of benzene rings is 1. The number of sulfonamides is 1. The molecule has 0 saturated heterocycles. The molecule has 0 fully saturated rings. The second-order valence-corrected chi connectivity index (χ2v) is 7.76. The van der Waals surface area contributed by atoms with Gasteiger partial charge in [0.1, 0.15) is 0 Å². The Bertz CT molecular complexity index is 497. The zero-order chi connectivity index (χ0) is 15.2. The van der Waals surface area contributed by atoms with Crippen LogP contribution in [0.2, 0.25) is 0 Å². The summed E-state index contributed by atoms with van der Waals surface area (Å²) in [6.07, 6.45) is 1.01. The molecule has 0 aliphatic rings. The topological polar surface area (TPSA) is 49.4 Å². The molecule has 0 aliphatic carbocycles. The van der Waals surface area contributed by atoms with Gasteiger partial charge in [-0.25, -0.2) is 12.7 Å². The molecule has 0 bridgehead atoms. The van der Waals surface area contributed by atoms with Gasteiger partial charge in [0.25, 0.3) is 0 Å². The highest BCUT2D eigenvalue weighted by atomic mass is 32.2. The van der Waals surface area contributed by atoms with Gasteiger partial charge in [0.2, 0.25) is 10.0 Å². The first kappa shape index (κ1) is 17.1.